The van der Waals surface area contributed by atoms with Gasteiger partial charge in [-0.25, -0.2) is 0 Å². The highest BCUT2D eigenvalue weighted by Gasteiger charge is 2.35. The van der Waals surface area contributed by atoms with Crippen molar-refractivity contribution < 1.29 is 0 Å². The van der Waals surface area contributed by atoms with Crippen molar-refractivity contribution in [1.82, 2.24) is 4.90 Å². The molecule has 1 saturated carbocycles. The van der Waals surface area contributed by atoms with Crippen LogP contribution in [0.5, 0.6) is 0 Å². The maximum absolute atomic E-state index is 5.67. The SMILES string of the molecule is CCC1CCCCC1N1CCCC1CCCN. The van der Waals surface area contributed by atoms with Gasteiger partial charge in [0.1, 0.15) is 0 Å². The van der Waals surface area contributed by atoms with E-state index in [0.29, 0.717) is 0 Å². The number of hydrogen-bond acceptors (Lipinski definition) is 2. The van der Waals surface area contributed by atoms with E-state index in [4.69, 9.17) is 5.73 Å². The molecule has 0 spiro atoms. The van der Waals surface area contributed by atoms with E-state index < -0.39 is 0 Å². The maximum Gasteiger partial charge on any atom is 0.0126 e. The topological polar surface area (TPSA) is 29.3 Å². The first kappa shape index (κ1) is 13.4. The Kier molecular flexibility index (Phi) is 5.30. The summed E-state index contributed by atoms with van der Waals surface area (Å²) in [5.74, 6) is 0.974. The quantitative estimate of drug-likeness (QED) is 0.797. The van der Waals surface area contributed by atoms with Gasteiger partial charge in [0.15, 0.2) is 0 Å². The lowest BCUT2D eigenvalue weighted by Crippen LogP contribution is -2.45. The van der Waals surface area contributed by atoms with E-state index >= 15 is 0 Å². The molecule has 17 heavy (non-hydrogen) atoms. The number of rotatable bonds is 5. The zero-order chi connectivity index (χ0) is 12.1. The molecule has 3 atom stereocenters. The molecule has 2 rings (SSSR count). The van der Waals surface area contributed by atoms with Crippen LogP contribution >= 0.6 is 0 Å². The molecule has 0 amide bonds. The van der Waals surface area contributed by atoms with Gasteiger partial charge in [0, 0.05) is 12.1 Å². The fourth-order valence-corrected chi connectivity index (χ4v) is 4.06. The van der Waals surface area contributed by atoms with Crippen molar-refractivity contribution in [3.63, 3.8) is 0 Å². The monoisotopic (exact) mass is 238 g/mol. The predicted molar refractivity (Wildman–Crippen MR) is 74.1 cm³/mol. The van der Waals surface area contributed by atoms with E-state index in [0.717, 1.165) is 24.5 Å². The Bertz CT molecular complexity index is 217. The highest BCUT2D eigenvalue weighted by molar-refractivity contribution is 4.90. The van der Waals surface area contributed by atoms with Gasteiger partial charge in [-0.15, -0.1) is 0 Å². The first-order valence-corrected chi connectivity index (χ1v) is 7.82. The smallest absolute Gasteiger partial charge is 0.0126 e. The van der Waals surface area contributed by atoms with Crippen molar-refractivity contribution in [1.29, 1.82) is 0 Å². The summed E-state index contributed by atoms with van der Waals surface area (Å²) in [6, 6.07) is 1.76. The number of nitrogens with two attached hydrogens (primary N) is 1. The second-order valence-corrected chi connectivity index (χ2v) is 5.98. The number of hydrogen-bond donors (Lipinski definition) is 1. The maximum atomic E-state index is 5.67. The van der Waals surface area contributed by atoms with Crippen LogP contribution in [0.1, 0.15) is 64.7 Å². The molecule has 2 nitrogen and oxygen atoms in total. The van der Waals surface area contributed by atoms with Gasteiger partial charge in [-0.3, -0.25) is 4.90 Å². The Morgan fingerprint density at radius 3 is 2.71 bits per heavy atom. The van der Waals surface area contributed by atoms with E-state index in [1.165, 1.54) is 64.3 Å². The summed E-state index contributed by atoms with van der Waals surface area (Å²) >= 11 is 0. The van der Waals surface area contributed by atoms with Gasteiger partial charge >= 0.3 is 0 Å². The van der Waals surface area contributed by atoms with Gasteiger partial charge in [0.2, 0.25) is 0 Å². The van der Waals surface area contributed by atoms with Crippen LogP contribution in [0.4, 0.5) is 0 Å². The third-order valence-corrected chi connectivity index (χ3v) is 4.98. The van der Waals surface area contributed by atoms with Crippen molar-refractivity contribution >= 4 is 0 Å². The predicted octanol–water partition coefficient (Wildman–Crippen LogP) is 3.16. The van der Waals surface area contributed by atoms with E-state index in [9.17, 15) is 0 Å². The Morgan fingerprint density at radius 1 is 1.12 bits per heavy atom. The van der Waals surface area contributed by atoms with Gasteiger partial charge in [-0.2, -0.15) is 0 Å². The third kappa shape index (κ3) is 3.23. The lowest BCUT2D eigenvalue weighted by Gasteiger charge is -2.41. The Morgan fingerprint density at radius 2 is 1.94 bits per heavy atom. The molecule has 1 aliphatic heterocycles. The van der Waals surface area contributed by atoms with Crippen LogP contribution < -0.4 is 5.73 Å². The van der Waals surface area contributed by atoms with Crippen LogP contribution in [0.25, 0.3) is 0 Å². The third-order valence-electron chi connectivity index (χ3n) is 4.98. The van der Waals surface area contributed by atoms with Crippen molar-refractivity contribution in [2.45, 2.75) is 76.8 Å². The molecule has 100 valence electrons. The van der Waals surface area contributed by atoms with Gasteiger partial charge in [0.05, 0.1) is 0 Å². The minimum atomic E-state index is 0.857. The van der Waals surface area contributed by atoms with E-state index in [-0.39, 0.29) is 0 Å². The first-order valence-electron chi connectivity index (χ1n) is 7.82. The Balaban J connectivity index is 1.93. The minimum Gasteiger partial charge on any atom is -0.330 e. The molecule has 0 aromatic rings. The van der Waals surface area contributed by atoms with Crippen molar-refractivity contribution in [3.8, 4) is 0 Å². The molecule has 0 radical (unpaired) electrons. The molecule has 3 unspecified atom stereocenters. The summed E-state index contributed by atoms with van der Waals surface area (Å²) in [4.78, 5) is 2.86. The molecule has 2 N–H and O–H groups in total. The first-order chi connectivity index (χ1) is 8.36. The lowest BCUT2D eigenvalue weighted by atomic mass is 9.81. The molecule has 0 aromatic heterocycles. The normalized spacial score (nSPS) is 35.3. The summed E-state index contributed by atoms with van der Waals surface area (Å²) in [6.07, 6.45) is 12.6. The fourth-order valence-electron chi connectivity index (χ4n) is 4.06. The van der Waals surface area contributed by atoms with Crippen LogP contribution in [0.3, 0.4) is 0 Å². The molecule has 1 heterocycles. The van der Waals surface area contributed by atoms with Crippen LogP contribution in [0.2, 0.25) is 0 Å². The summed E-state index contributed by atoms with van der Waals surface area (Å²) in [7, 11) is 0. The molecule has 2 heteroatoms. The van der Waals surface area contributed by atoms with Crippen LogP contribution in [0.15, 0.2) is 0 Å². The molecule has 0 bridgehead atoms. The molecule has 2 aliphatic rings. The molecule has 1 aliphatic carbocycles. The van der Waals surface area contributed by atoms with Gasteiger partial charge < -0.3 is 5.73 Å². The molecular weight excluding hydrogens is 208 g/mol. The summed E-state index contributed by atoms with van der Waals surface area (Å²) in [5.41, 5.74) is 5.67. The van der Waals surface area contributed by atoms with Crippen LogP contribution in [-0.2, 0) is 0 Å². The van der Waals surface area contributed by atoms with E-state index in [2.05, 4.69) is 11.8 Å². The number of likely N-dealkylation sites (tertiary alicyclic amines) is 1. The average Bonchev–Trinajstić information content (AvgIpc) is 2.84. The fraction of sp³-hybridized carbons (Fsp3) is 1.00. The highest BCUT2D eigenvalue weighted by Crippen LogP contribution is 2.35. The van der Waals surface area contributed by atoms with Crippen LogP contribution in [-0.4, -0.2) is 30.1 Å². The Hall–Kier alpha value is -0.0800. The van der Waals surface area contributed by atoms with Crippen molar-refractivity contribution in [2.75, 3.05) is 13.1 Å². The zero-order valence-corrected chi connectivity index (χ0v) is 11.5. The highest BCUT2D eigenvalue weighted by atomic mass is 15.2. The molecule has 0 aromatic carbocycles. The minimum absolute atomic E-state index is 0.857. The summed E-state index contributed by atoms with van der Waals surface area (Å²) < 4.78 is 0. The second kappa shape index (κ2) is 6.75. The van der Waals surface area contributed by atoms with Gasteiger partial charge in [-0.1, -0.05) is 26.2 Å². The summed E-state index contributed by atoms with van der Waals surface area (Å²) in [6.45, 7) is 4.61. The van der Waals surface area contributed by atoms with E-state index in [1.807, 2.05) is 0 Å². The number of nitrogens with zero attached hydrogens (tertiary/aromatic N) is 1. The van der Waals surface area contributed by atoms with Gasteiger partial charge in [-0.05, 0) is 57.5 Å². The van der Waals surface area contributed by atoms with Crippen molar-refractivity contribution in [2.24, 2.45) is 11.7 Å². The van der Waals surface area contributed by atoms with Gasteiger partial charge in [0.25, 0.3) is 0 Å². The average molecular weight is 238 g/mol. The summed E-state index contributed by atoms with van der Waals surface area (Å²) in [5, 5.41) is 0. The zero-order valence-electron chi connectivity index (χ0n) is 11.5. The lowest BCUT2D eigenvalue weighted by molar-refractivity contribution is 0.0856. The molecule has 1 saturated heterocycles. The van der Waals surface area contributed by atoms with Crippen molar-refractivity contribution in [3.05, 3.63) is 0 Å². The van der Waals surface area contributed by atoms with Crippen LogP contribution in [0, 0.1) is 5.92 Å². The largest absolute Gasteiger partial charge is 0.330 e. The molecular formula is C15H30N2. The molecule has 2 fully saturated rings. The Labute approximate surface area is 107 Å². The standard InChI is InChI=1S/C15H30N2/c1-2-13-7-3-4-10-15(13)17-12-6-9-14(17)8-5-11-16/h13-15H,2-12,16H2,1H3. The second-order valence-electron chi connectivity index (χ2n) is 5.98. The van der Waals surface area contributed by atoms with E-state index in [1.54, 1.807) is 0 Å².